The van der Waals surface area contributed by atoms with Crippen molar-refractivity contribution in [3.05, 3.63) is 53.2 Å². The Hall–Kier alpha value is -2.62. The molecule has 2 aromatic carbocycles. The SMILES string of the molecule is Cn1nc(NSc2c[nH]c3cc(Cl)ccc23)c2c(C#N)cccc21. The second kappa shape index (κ2) is 5.78. The number of benzene rings is 2. The number of H-pyrrole nitrogens is 1. The van der Waals surface area contributed by atoms with Gasteiger partial charge in [-0.2, -0.15) is 10.4 Å². The van der Waals surface area contributed by atoms with Gasteiger partial charge in [0.2, 0.25) is 0 Å². The van der Waals surface area contributed by atoms with Crippen molar-refractivity contribution < 1.29 is 0 Å². The van der Waals surface area contributed by atoms with E-state index in [-0.39, 0.29) is 0 Å². The lowest BCUT2D eigenvalue weighted by atomic mass is 10.1. The Morgan fingerprint density at radius 1 is 1.33 bits per heavy atom. The van der Waals surface area contributed by atoms with Crippen molar-refractivity contribution in [2.24, 2.45) is 7.05 Å². The van der Waals surface area contributed by atoms with Gasteiger partial charge < -0.3 is 9.71 Å². The van der Waals surface area contributed by atoms with Crippen LogP contribution >= 0.6 is 23.5 Å². The number of nitriles is 1. The highest BCUT2D eigenvalue weighted by Crippen LogP contribution is 2.33. The van der Waals surface area contributed by atoms with Gasteiger partial charge >= 0.3 is 0 Å². The van der Waals surface area contributed by atoms with Gasteiger partial charge in [0.25, 0.3) is 0 Å². The first-order valence-electron chi connectivity index (χ1n) is 7.22. The van der Waals surface area contributed by atoms with Crippen LogP contribution in [0.5, 0.6) is 0 Å². The molecule has 0 radical (unpaired) electrons. The van der Waals surface area contributed by atoms with Crippen molar-refractivity contribution in [1.82, 2.24) is 14.8 Å². The minimum Gasteiger partial charge on any atom is -0.360 e. The van der Waals surface area contributed by atoms with Gasteiger partial charge in [0.1, 0.15) is 0 Å². The van der Waals surface area contributed by atoms with Crippen molar-refractivity contribution in [3.63, 3.8) is 0 Å². The molecule has 0 saturated carbocycles. The monoisotopic (exact) mass is 353 g/mol. The van der Waals surface area contributed by atoms with E-state index in [0.29, 0.717) is 16.4 Å². The fourth-order valence-corrected chi connectivity index (χ4v) is 3.66. The van der Waals surface area contributed by atoms with Crippen LogP contribution in [-0.4, -0.2) is 14.8 Å². The van der Waals surface area contributed by atoms with Crippen molar-refractivity contribution >= 4 is 51.2 Å². The van der Waals surface area contributed by atoms with Gasteiger partial charge in [0.05, 0.1) is 27.4 Å². The summed E-state index contributed by atoms with van der Waals surface area (Å²) in [5.41, 5.74) is 2.51. The summed E-state index contributed by atoms with van der Waals surface area (Å²) in [4.78, 5) is 4.24. The first-order valence-corrected chi connectivity index (χ1v) is 8.42. The third-order valence-electron chi connectivity index (χ3n) is 3.86. The maximum absolute atomic E-state index is 9.35. The third-order valence-corrected chi connectivity index (χ3v) is 4.95. The van der Waals surface area contributed by atoms with Crippen LogP contribution in [0.1, 0.15) is 5.56 Å². The lowest BCUT2D eigenvalue weighted by Crippen LogP contribution is -1.91. The molecule has 4 aromatic rings. The van der Waals surface area contributed by atoms with Crippen molar-refractivity contribution in [2.45, 2.75) is 4.90 Å². The second-order valence-electron chi connectivity index (χ2n) is 5.33. The number of fused-ring (bicyclic) bond motifs is 2. The van der Waals surface area contributed by atoms with E-state index in [1.165, 1.54) is 11.9 Å². The lowest BCUT2D eigenvalue weighted by molar-refractivity contribution is 0.802. The van der Waals surface area contributed by atoms with E-state index >= 15 is 0 Å². The maximum Gasteiger partial charge on any atom is 0.167 e. The Balaban J connectivity index is 1.71. The normalized spacial score (nSPS) is 11.0. The molecule has 0 saturated heterocycles. The largest absolute Gasteiger partial charge is 0.360 e. The van der Waals surface area contributed by atoms with E-state index in [4.69, 9.17) is 11.6 Å². The molecule has 2 heterocycles. The Kier molecular flexibility index (Phi) is 3.60. The van der Waals surface area contributed by atoms with Gasteiger partial charge in [0.15, 0.2) is 5.82 Å². The van der Waals surface area contributed by atoms with Gasteiger partial charge in [-0.1, -0.05) is 23.7 Å². The van der Waals surface area contributed by atoms with E-state index in [9.17, 15) is 5.26 Å². The van der Waals surface area contributed by atoms with E-state index in [0.717, 1.165) is 26.7 Å². The van der Waals surface area contributed by atoms with E-state index < -0.39 is 0 Å². The van der Waals surface area contributed by atoms with Gasteiger partial charge in [-0.05, 0) is 36.2 Å². The van der Waals surface area contributed by atoms with Crippen LogP contribution in [0.2, 0.25) is 5.02 Å². The Bertz CT molecular complexity index is 1110. The second-order valence-corrected chi connectivity index (χ2v) is 6.62. The standard InChI is InChI=1S/C17H12ClN5S/c1-23-14-4-2-3-10(8-19)16(14)17(21-23)22-24-15-9-20-13-7-11(18)5-6-12(13)15/h2-7,9,20H,1H3,(H,21,22). The van der Waals surface area contributed by atoms with Gasteiger partial charge in [-0.25, -0.2) is 0 Å². The minimum absolute atomic E-state index is 0.606. The molecular formula is C17H12ClN5S. The topological polar surface area (TPSA) is 69.4 Å². The fraction of sp³-hybridized carbons (Fsp3) is 0.0588. The predicted molar refractivity (Wildman–Crippen MR) is 98.2 cm³/mol. The zero-order chi connectivity index (χ0) is 16.7. The number of halogens is 1. The minimum atomic E-state index is 0.606. The van der Waals surface area contributed by atoms with Crippen molar-refractivity contribution in [3.8, 4) is 6.07 Å². The number of nitrogens with zero attached hydrogens (tertiary/aromatic N) is 3. The first-order chi connectivity index (χ1) is 11.7. The van der Waals surface area contributed by atoms with Gasteiger partial charge in [-0.3, -0.25) is 4.68 Å². The molecule has 0 aliphatic carbocycles. The molecule has 0 spiro atoms. The Morgan fingerprint density at radius 2 is 2.21 bits per heavy atom. The summed E-state index contributed by atoms with van der Waals surface area (Å²) in [7, 11) is 1.87. The third kappa shape index (κ3) is 2.39. The molecule has 24 heavy (non-hydrogen) atoms. The van der Waals surface area contributed by atoms with Crippen molar-refractivity contribution in [2.75, 3.05) is 4.72 Å². The Morgan fingerprint density at radius 3 is 3.04 bits per heavy atom. The van der Waals surface area contributed by atoms with Crippen molar-refractivity contribution in [1.29, 1.82) is 5.26 Å². The maximum atomic E-state index is 9.35. The molecule has 0 aliphatic heterocycles. The summed E-state index contributed by atoms with van der Waals surface area (Å²) in [6.45, 7) is 0. The van der Waals surface area contributed by atoms with Crippen LogP contribution < -0.4 is 4.72 Å². The number of anilines is 1. The molecule has 0 atom stereocenters. The molecule has 4 rings (SSSR count). The average Bonchev–Trinajstić information content (AvgIpc) is 3.13. The van der Waals surface area contributed by atoms with Crippen LogP contribution in [0.25, 0.3) is 21.8 Å². The number of hydrogen-bond donors (Lipinski definition) is 2. The molecule has 118 valence electrons. The summed E-state index contributed by atoms with van der Waals surface area (Å²) >= 11 is 7.47. The lowest BCUT2D eigenvalue weighted by Gasteiger charge is -2.02. The van der Waals surface area contributed by atoms with Gasteiger partial charge in [-0.15, -0.1) is 0 Å². The number of aromatic amines is 1. The zero-order valence-electron chi connectivity index (χ0n) is 12.7. The van der Waals surface area contributed by atoms with Crippen LogP contribution in [0, 0.1) is 11.3 Å². The molecule has 0 bridgehead atoms. The highest BCUT2D eigenvalue weighted by molar-refractivity contribution is 8.00. The predicted octanol–water partition coefficient (Wildman–Crippen LogP) is 4.70. The molecule has 5 nitrogen and oxygen atoms in total. The van der Waals surface area contributed by atoms with E-state index in [1.807, 2.05) is 43.6 Å². The quantitative estimate of drug-likeness (QED) is 0.524. The smallest absolute Gasteiger partial charge is 0.167 e. The van der Waals surface area contributed by atoms with Gasteiger partial charge in [0, 0.05) is 29.2 Å². The summed E-state index contributed by atoms with van der Waals surface area (Å²) < 4.78 is 5.04. The summed E-state index contributed by atoms with van der Waals surface area (Å²) in [5, 5.41) is 16.5. The Labute approximate surface area is 147 Å². The molecule has 0 amide bonds. The van der Waals surface area contributed by atoms with Crippen LogP contribution in [0.15, 0.2) is 47.5 Å². The van der Waals surface area contributed by atoms with E-state index in [1.54, 1.807) is 10.7 Å². The van der Waals surface area contributed by atoms with Crippen LogP contribution in [-0.2, 0) is 7.05 Å². The molecule has 2 N–H and O–H groups in total. The van der Waals surface area contributed by atoms with Crippen LogP contribution in [0.4, 0.5) is 5.82 Å². The number of hydrogen-bond acceptors (Lipinski definition) is 4. The summed E-state index contributed by atoms with van der Waals surface area (Å²) in [6.07, 6.45) is 1.93. The number of rotatable bonds is 3. The summed E-state index contributed by atoms with van der Waals surface area (Å²) in [5.74, 6) is 0.679. The molecule has 0 unspecified atom stereocenters. The van der Waals surface area contributed by atoms with E-state index in [2.05, 4.69) is 20.9 Å². The molecule has 0 aliphatic rings. The average molecular weight is 354 g/mol. The first kappa shape index (κ1) is 14.9. The highest BCUT2D eigenvalue weighted by Gasteiger charge is 2.13. The molecular weight excluding hydrogens is 342 g/mol. The summed E-state index contributed by atoms with van der Waals surface area (Å²) in [6, 6.07) is 13.6. The fourth-order valence-electron chi connectivity index (χ4n) is 2.74. The molecule has 0 fully saturated rings. The number of aryl methyl sites for hydroxylation is 1. The molecule has 7 heteroatoms. The van der Waals surface area contributed by atoms with Crippen LogP contribution in [0.3, 0.4) is 0 Å². The number of nitrogens with one attached hydrogen (secondary N) is 2. The zero-order valence-corrected chi connectivity index (χ0v) is 14.2. The highest BCUT2D eigenvalue weighted by atomic mass is 35.5. The molecule has 2 aromatic heterocycles. The number of aromatic nitrogens is 3.